The van der Waals surface area contributed by atoms with Gasteiger partial charge in [0, 0.05) is 41.6 Å². The third kappa shape index (κ3) is 3.72. The Hall–Kier alpha value is -3.46. The number of oxazole rings is 1. The number of nitrogens with zero attached hydrogens (tertiary/aromatic N) is 3. The molecule has 1 unspecified atom stereocenters. The van der Waals surface area contributed by atoms with E-state index in [4.69, 9.17) is 9.15 Å². The minimum Gasteiger partial charge on any atom is -0.436 e. The molecule has 4 aromatic rings. The first-order valence-corrected chi connectivity index (χ1v) is 10.9. The van der Waals surface area contributed by atoms with Crippen LogP contribution in [0.4, 0.5) is 14.6 Å². The van der Waals surface area contributed by atoms with Crippen molar-refractivity contribution >= 4 is 33.6 Å². The number of carbonyl (C=O) groups is 1. The Bertz CT molecular complexity index is 1380. The Labute approximate surface area is 187 Å². The van der Waals surface area contributed by atoms with E-state index in [1.165, 1.54) is 12.4 Å². The van der Waals surface area contributed by atoms with Crippen molar-refractivity contribution in [3.63, 3.8) is 0 Å². The number of benzene rings is 1. The average Bonchev–Trinajstić information content (AvgIpc) is 3.36. The molecule has 1 amide bonds. The van der Waals surface area contributed by atoms with E-state index in [-0.39, 0.29) is 28.8 Å². The summed E-state index contributed by atoms with van der Waals surface area (Å²) in [5.41, 5.74) is 2.48. The maximum Gasteiger partial charge on any atom is 0.281 e. The van der Waals surface area contributed by atoms with Crippen molar-refractivity contribution in [2.45, 2.75) is 31.6 Å². The molecule has 4 heterocycles. The Kier molecular flexibility index (Phi) is 4.79. The van der Waals surface area contributed by atoms with Crippen LogP contribution in [0.1, 0.15) is 42.9 Å². The molecular formula is C24H20F2N4O3. The molecule has 6 rings (SSSR count). The highest BCUT2D eigenvalue weighted by molar-refractivity contribution is 6.00. The van der Waals surface area contributed by atoms with Gasteiger partial charge in [0.05, 0.1) is 12.2 Å². The number of hydrogen-bond donors (Lipinski definition) is 1. The molecule has 1 atom stereocenters. The summed E-state index contributed by atoms with van der Waals surface area (Å²) >= 11 is 0. The molecule has 1 aliphatic carbocycles. The van der Waals surface area contributed by atoms with Crippen molar-refractivity contribution in [3.8, 4) is 11.5 Å². The number of alkyl halides is 2. The number of hydrogen-bond acceptors (Lipinski definition) is 6. The van der Waals surface area contributed by atoms with Gasteiger partial charge in [0.15, 0.2) is 5.58 Å². The first-order valence-electron chi connectivity index (χ1n) is 10.9. The molecule has 1 saturated heterocycles. The highest BCUT2D eigenvalue weighted by Gasteiger charge is 2.30. The van der Waals surface area contributed by atoms with Crippen LogP contribution in [0.2, 0.25) is 0 Å². The molecule has 0 bridgehead atoms. The fourth-order valence-corrected chi connectivity index (χ4v) is 4.25. The van der Waals surface area contributed by atoms with Gasteiger partial charge in [-0.1, -0.05) is 6.07 Å². The van der Waals surface area contributed by atoms with Gasteiger partial charge in [-0.2, -0.15) is 0 Å². The third-order valence-electron chi connectivity index (χ3n) is 6.25. The molecule has 0 spiro atoms. The lowest BCUT2D eigenvalue weighted by molar-refractivity contribution is -0.117. The topological polar surface area (TPSA) is 90.1 Å². The van der Waals surface area contributed by atoms with E-state index in [0.717, 1.165) is 31.4 Å². The quantitative estimate of drug-likeness (QED) is 0.448. The molecular weight excluding hydrogens is 430 g/mol. The lowest BCUT2D eigenvalue weighted by Crippen LogP contribution is -2.14. The van der Waals surface area contributed by atoms with Gasteiger partial charge < -0.3 is 14.5 Å². The van der Waals surface area contributed by atoms with Crippen molar-refractivity contribution in [3.05, 3.63) is 47.9 Å². The molecule has 1 saturated carbocycles. The first-order chi connectivity index (χ1) is 16.1. The normalized spacial score (nSPS) is 18.5. The monoisotopic (exact) mass is 450 g/mol. The van der Waals surface area contributed by atoms with Crippen LogP contribution in [-0.4, -0.2) is 34.1 Å². The van der Waals surface area contributed by atoms with Crippen LogP contribution in [0.15, 0.2) is 41.1 Å². The fourth-order valence-electron chi connectivity index (χ4n) is 4.25. The van der Waals surface area contributed by atoms with Crippen molar-refractivity contribution < 1.29 is 22.7 Å². The molecule has 2 aliphatic rings. The molecule has 0 radical (unpaired) electrons. The van der Waals surface area contributed by atoms with E-state index < -0.39 is 6.43 Å². The number of pyridine rings is 2. The van der Waals surface area contributed by atoms with Crippen LogP contribution >= 0.6 is 0 Å². The molecule has 1 aliphatic heterocycles. The highest BCUT2D eigenvalue weighted by atomic mass is 19.3. The minimum atomic E-state index is -2.77. The number of amides is 1. The fraction of sp³-hybridized carbons (Fsp3) is 0.333. The Morgan fingerprint density at radius 2 is 1.97 bits per heavy atom. The molecule has 33 heavy (non-hydrogen) atoms. The largest absolute Gasteiger partial charge is 0.436 e. The van der Waals surface area contributed by atoms with Gasteiger partial charge in [0.1, 0.15) is 17.0 Å². The molecule has 168 valence electrons. The summed E-state index contributed by atoms with van der Waals surface area (Å²) in [5.74, 6) is 0.774. The molecule has 3 aromatic heterocycles. The maximum absolute atomic E-state index is 13.6. The number of carbonyl (C=O) groups excluding carboxylic acids is 1. The number of halogens is 2. The van der Waals surface area contributed by atoms with E-state index in [2.05, 4.69) is 20.3 Å². The van der Waals surface area contributed by atoms with E-state index in [1.54, 1.807) is 6.07 Å². The van der Waals surface area contributed by atoms with Crippen molar-refractivity contribution in [1.82, 2.24) is 15.0 Å². The summed E-state index contributed by atoms with van der Waals surface area (Å²) < 4.78 is 38.7. The number of ether oxygens (including phenoxy) is 1. The van der Waals surface area contributed by atoms with Crippen LogP contribution in [0, 0.1) is 5.92 Å². The Balaban J connectivity index is 1.45. The van der Waals surface area contributed by atoms with Gasteiger partial charge in [-0.25, -0.2) is 18.7 Å². The van der Waals surface area contributed by atoms with Gasteiger partial charge in [0.2, 0.25) is 11.8 Å². The Morgan fingerprint density at radius 1 is 1.09 bits per heavy atom. The second-order valence-electron chi connectivity index (χ2n) is 8.54. The molecule has 2 fully saturated rings. The second kappa shape index (κ2) is 7.84. The summed E-state index contributed by atoms with van der Waals surface area (Å²) in [6.45, 7) is 1.43. The van der Waals surface area contributed by atoms with Gasteiger partial charge in [-0.15, -0.1) is 0 Å². The van der Waals surface area contributed by atoms with Crippen molar-refractivity contribution in [1.29, 1.82) is 0 Å². The molecule has 1 N–H and O–H groups in total. The van der Waals surface area contributed by atoms with E-state index in [1.807, 2.05) is 18.2 Å². The smallest absolute Gasteiger partial charge is 0.281 e. The summed E-state index contributed by atoms with van der Waals surface area (Å²) in [7, 11) is 0. The summed E-state index contributed by atoms with van der Waals surface area (Å²) in [6.07, 6.45) is 2.55. The zero-order valence-electron chi connectivity index (χ0n) is 17.6. The van der Waals surface area contributed by atoms with E-state index in [0.29, 0.717) is 40.4 Å². The lowest BCUT2D eigenvalue weighted by atomic mass is 9.98. The van der Waals surface area contributed by atoms with Crippen molar-refractivity contribution in [2.75, 3.05) is 18.5 Å². The first kappa shape index (κ1) is 20.2. The van der Waals surface area contributed by atoms with Crippen molar-refractivity contribution in [2.24, 2.45) is 5.92 Å². The molecule has 7 nitrogen and oxygen atoms in total. The van der Waals surface area contributed by atoms with Gasteiger partial charge in [-0.05, 0) is 43.0 Å². The van der Waals surface area contributed by atoms with Crippen LogP contribution in [0.3, 0.4) is 0 Å². The number of nitrogens with one attached hydrogen (secondary N) is 1. The summed E-state index contributed by atoms with van der Waals surface area (Å²) in [5, 5.41) is 3.40. The number of rotatable bonds is 5. The zero-order chi connectivity index (χ0) is 22.5. The predicted octanol–water partition coefficient (Wildman–Crippen LogP) is 5.23. The summed E-state index contributed by atoms with van der Waals surface area (Å²) in [4.78, 5) is 24.9. The standard InChI is InChI=1S/C24H20F2N4O3/c25-22(26)21-16-9-27-20(30-23(31)12-1-2-12)8-15(16)17(10-28-21)24-29-18-7-13(3-4-19(18)33-24)14-5-6-32-11-14/h3-4,7-10,12,14,22H,1-2,5-6,11H2,(H,27,30,31). The van der Waals surface area contributed by atoms with Crippen LogP contribution in [-0.2, 0) is 9.53 Å². The van der Waals surface area contributed by atoms with Gasteiger partial charge in [-0.3, -0.25) is 9.78 Å². The van der Waals surface area contributed by atoms with Gasteiger partial charge in [0.25, 0.3) is 6.43 Å². The second-order valence-corrected chi connectivity index (χ2v) is 8.54. The molecule has 9 heteroatoms. The minimum absolute atomic E-state index is 0.00691. The number of anilines is 1. The SMILES string of the molecule is O=C(Nc1cc2c(-c3nc4cc(C5CCOC5)ccc4o3)cnc(C(F)F)c2cn1)C1CC1. The van der Waals surface area contributed by atoms with Gasteiger partial charge >= 0.3 is 0 Å². The molecule has 1 aromatic carbocycles. The predicted molar refractivity (Wildman–Crippen MR) is 117 cm³/mol. The lowest BCUT2D eigenvalue weighted by Gasteiger charge is -2.10. The highest BCUT2D eigenvalue weighted by Crippen LogP contribution is 2.36. The average molecular weight is 450 g/mol. The Morgan fingerprint density at radius 3 is 2.73 bits per heavy atom. The van der Waals surface area contributed by atoms with E-state index in [9.17, 15) is 13.6 Å². The summed E-state index contributed by atoms with van der Waals surface area (Å²) in [6, 6.07) is 7.43. The number of fused-ring (bicyclic) bond motifs is 2. The number of aromatic nitrogens is 3. The van der Waals surface area contributed by atoms with E-state index >= 15 is 0 Å². The third-order valence-corrected chi connectivity index (χ3v) is 6.25. The zero-order valence-corrected chi connectivity index (χ0v) is 17.6. The maximum atomic E-state index is 13.6. The van der Waals surface area contributed by atoms with Crippen LogP contribution < -0.4 is 5.32 Å². The van der Waals surface area contributed by atoms with Crippen LogP contribution in [0.5, 0.6) is 0 Å². The van der Waals surface area contributed by atoms with Crippen LogP contribution in [0.25, 0.3) is 33.3 Å².